The van der Waals surface area contributed by atoms with Crippen LogP contribution in [0.1, 0.15) is 26.2 Å². The van der Waals surface area contributed by atoms with E-state index >= 15 is 0 Å². The van der Waals surface area contributed by atoms with Gasteiger partial charge in [-0.15, -0.1) is 0 Å². The van der Waals surface area contributed by atoms with E-state index in [2.05, 4.69) is 10.2 Å². The third-order valence-electron chi connectivity index (χ3n) is 5.11. The largest absolute Gasteiger partial charge is 0.481 e. The number of carboxylic acids is 1. The molecule has 2 N–H and O–H groups in total. The Morgan fingerprint density at radius 1 is 1.35 bits per heavy atom. The van der Waals surface area contributed by atoms with E-state index in [9.17, 15) is 4.79 Å². The number of hydrogen-bond donors (Lipinski definition) is 2. The van der Waals surface area contributed by atoms with Crippen LogP contribution in [0.3, 0.4) is 0 Å². The minimum atomic E-state index is -0.620. The summed E-state index contributed by atoms with van der Waals surface area (Å²) in [6.45, 7) is 6.65. The molecule has 1 atom stereocenters. The number of nitrogens with one attached hydrogen (secondary N) is 1. The summed E-state index contributed by atoms with van der Waals surface area (Å²) in [4.78, 5) is 13.5. The molecule has 0 radical (unpaired) electrons. The molecule has 17 heavy (non-hydrogen) atoms. The average Bonchev–Trinajstić information content (AvgIpc) is 2.65. The standard InChI is InChI=1S/C13H22N2O2/c1-13(12(16)17)4-11(5-13)15-7-10(8-15)9-2-3-14-6-9/h9-11,14H,2-8H2,1H3,(H,16,17). The molecule has 0 aromatic rings. The summed E-state index contributed by atoms with van der Waals surface area (Å²) in [5.74, 6) is 1.12. The van der Waals surface area contributed by atoms with Crippen molar-refractivity contribution in [3.8, 4) is 0 Å². The summed E-state index contributed by atoms with van der Waals surface area (Å²) in [6, 6.07) is 0.543. The summed E-state index contributed by atoms with van der Waals surface area (Å²) < 4.78 is 0. The van der Waals surface area contributed by atoms with Crippen molar-refractivity contribution in [2.24, 2.45) is 17.3 Å². The summed E-state index contributed by atoms with van der Waals surface area (Å²) in [5.41, 5.74) is -0.440. The number of hydrogen-bond acceptors (Lipinski definition) is 3. The number of likely N-dealkylation sites (tertiary alicyclic amines) is 1. The molecule has 2 heterocycles. The number of aliphatic carboxylic acids is 1. The Balaban J connectivity index is 1.44. The minimum Gasteiger partial charge on any atom is -0.481 e. The molecular formula is C13H22N2O2. The van der Waals surface area contributed by atoms with Crippen LogP contribution >= 0.6 is 0 Å². The molecule has 3 fully saturated rings. The van der Waals surface area contributed by atoms with E-state index in [1.54, 1.807) is 0 Å². The Morgan fingerprint density at radius 3 is 2.59 bits per heavy atom. The van der Waals surface area contributed by atoms with E-state index in [-0.39, 0.29) is 0 Å². The number of carbonyl (C=O) groups is 1. The maximum absolute atomic E-state index is 11.0. The molecular weight excluding hydrogens is 216 g/mol. The Labute approximate surface area is 102 Å². The molecule has 0 aromatic heterocycles. The van der Waals surface area contributed by atoms with Crippen LogP contribution in [-0.2, 0) is 4.79 Å². The van der Waals surface area contributed by atoms with Crippen LogP contribution in [0.25, 0.3) is 0 Å². The van der Waals surface area contributed by atoms with Gasteiger partial charge in [-0.05, 0) is 51.1 Å². The molecule has 0 aromatic carbocycles. The van der Waals surface area contributed by atoms with E-state index < -0.39 is 11.4 Å². The molecule has 1 unspecified atom stereocenters. The highest BCUT2D eigenvalue weighted by atomic mass is 16.4. The molecule has 1 aliphatic carbocycles. The molecule has 2 aliphatic heterocycles. The van der Waals surface area contributed by atoms with Crippen LogP contribution in [-0.4, -0.2) is 48.2 Å². The summed E-state index contributed by atoms with van der Waals surface area (Å²) in [7, 11) is 0. The van der Waals surface area contributed by atoms with E-state index in [0.717, 1.165) is 24.7 Å². The lowest BCUT2D eigenvalue weighted by Crippen LogP contribution is -2.61. The Hall–Kier alpha value is -0.610. The average molecular weight is 238 g/mol. The van der Waals surface area contributed by atoms with Gasteiger partial charge in [-0.25, -0.2) is 0 Å². The zero-order valence-corrected chi connectivity index (χ0v) is 10.5. The second-order valence-corrected chi connectivity index (χ2v) is 6.39. The minimum absolute atomic E-state index is 0.440. The lowest BCUT2D eigenvalue weighted by atomic mass is 9.65. The Bertz CT molecular complexity index is 313. The first kappa shape index (κ1) is 11.5. The Morgan fingerprint density at radius 2 is 2.06 bits per heavy atom. The van der Waals surface area contributed by atoms with E-state index in [1.807, 2.05) is 6.92 Å². The van der Waals surface area contributed by atoms with Gasteiger partial charge in [-0.3, -0.25) is 9.69 Å². The molecule has 4 heteroatoms. The normalized spacial score (nSPS) is 43.1. The zero-order valence-electron chi connectivity index (χ0n) is 10.5. The topological polar surface area (TPSA) is 52.6 Å². The molecule has 4 nitrogen and oxygen atoms in total. The van der Waals surface area contributed by atoms with Crippen molar-refractivity contribution >= 4 is 5.97 Å². The van der Waals surface area contributed by atoms with Crippen molar-refractivity contribution in [3.05, 3.63) is 0 Å². The summed E-state index contributed by atoms with van der Waals surface area (Å²) >= 11 is 0. The van der Waals surface area contributed by atoms with Crippen LogP contribution in [0.4, 0.5) is 0 Å². The summed E-state index contributed by atoms with van der Waals surface area (Å²) in [6.07, 6.45) is 3.02. The van der Waals surface area contributed by atoms with E-state index in [4.69, 9.17) is 5.11 Å². The highest BCUT2D eigenvalue weighted by Gasteiger charge is 2.51. The number of carboxylic acid groups (broad SMARTS) is 1. The molecule has 0 amide bonds. The fourth-order valence-corrected chi connectivity index (χ4v) is 3.64. The fourth-order valence-electron chi connectivity index (χ4n) is 3.64. The van der Waals surface area contributed by atoms with Gasteiger partial charge in [-0.1, -0.05) is 0 Å². The van der Waals surface area contributed by atoms with Gasteiger partial charge in [0.05, 0.1) is 5.41 Å². The first-order valence-corrected chi connectivity index (χ1v) is 6.77. The Kier molecular flexibility index (Phi) is 2.67. The lowest BCUT2D eigenvalue weighted by Gasteiger charge is -2.54. The van der Waals surface area contributed by atoms with Gasteiger partial charge in [0.25, 0.3) is 0 Å². The number of rotatable bonds is 3. The van der Waals surface area contributed by atoms with Crippen LogP contribution in [0.2, 0.25) is 0 Å². The van der Waals surface area contributed by atoms with Crippen molar-refractivity contribution in [2.45, 2.75) is 32.2 Å². The highest BCUT2D eigenvalue weighted by molar-refractivity contribution is 5.75. The quantitative estimate of drug-likeness (QED) is 0.763. The molecule has 1 saturated carbocycles. The van der Waals surface area contributed by atoms with Gasteiger partial charge in [0.2, 0.25) is 0 Å². The van der Waals surface area contributed by atoms with Gasteiger partial charge >= 0.3 is 5.97 Å². The van der Waals surface area contributed by atoms with Crippen molar-refractivity contribution in [1.29, 1.82) is 0 Å². The van der Waals surface area contributed by atoms with Crippen LogP contribution in [0.15, 0.2) is 0 Å². The molecule has 2 saturated heterocycles. The summed E-state index contributed by atoms with van der Waals surface area (Å²) in [5, 5.41) is 12.5. The lowest BCUT2D eigenvalue weighted by molar-refractivity contribution is -0.160. The highest BCUT2D eigenvalue weighted by Crippen LogP contribution is 2.46. The molecule has 0 bridgehead atoms. The van der Waals surface area contributed by atoms with Gasteiger partial charge < -0.3 is 10.4 Å². The molecule has 3 aliphatic rings. The van der Waals surface area contributed by atoms with Crippen molar-refractivity contribution in [2.75, 3.05) is 26.2 Å². The first-order chi connectivity index (χ1) is 8.08. The van der Waals surface area contributed by atoms with Crippen molar-refractivity contribution in [1.82, 2.24) is 10.2 Å². The molecule has 3 rings (SSSR count). The zero-order chi connectivity index (χ0) is 12.0. The second kappa shape index (κ2) is 3.95. The van der Waals surface area contributed by atoms with E-state index in [0.29, 0.717) is 6.04 Å². The smallest absolute Gasteiger partial charge is 0.309 e. The predicted octanol–water partition coefficient (Wildman–Crippen LogP) is 0.781. The van der Waals surface area contributed by atoms with Crippen LogP contribution < -0.4 is 5.32 Å². The van der Waals surface area contributed by atoms with Crippen LogP contribution in [0, 0.1) is 17.3 Å². The van der Waals surface area contributed by atoms with Crippen molar-refractivity contribution in [3.63, 3.8) is 0 Å². The van der Waals surface area contributed by atoms with E-state index in [1.165, 1.54) is 32.6 Å². The molecule has 96 valence electrons. The monoisotopic (exact) mass is 238 g/mol. The first-order valence-electron chi connectivity index (χ1n) is 6.77. The SMILES string of the molecule is CC1(C(=O)O)CC(N2CC(C3CCNC3)C2)C1. The van der Waals surface area contributed by atoms with Crippen LogP contribution in [0.5, 0.6) is 0 Å². The van der Waals surface area contributed by atoms with Crippen molar-refractivity contribution < 1.29 is 9.90 Å². The third kappa shape index (κ3) is 1.87. The number of nitrogens with zero attached hydrogens (tertiary/aromatic N) is 1. The predicted molar refractivity (Wildman–Crippen MR) is 64.8 cm³/mol. The third-order valence-corrected chi connectivity index (χ3v) is 5.11. The maximum Gasteiger partial charge on any atom is 0.309 e. The second-order valence-electron chi connectivity index (χ2n) is 6.39. The van der Waals surface area contributed by atoms with Gasteiger partial charge in [-0.2, -0.15) is 0 Å². The fraction of sp³-hybridized carbons (Fsp3) is 0.923. The molecule has 0 spiro atoms. The maximum atomic E-state index is 11.0. The van der Waals surface area contributed by atoms with Gasteiger partial charge in [0, 0.05) is 19.1 Å². The van der Waals surface area contributed by atoms with Gasteiger partial charge in [0.1, 0.15) is 0 Å². The van der Waals surface area contributed by atoms with Gasteiger partial charge in [0.15, 0.2) is 0 Å².